The summed E-state index contributed by atoms with van der Waals surface area (Å²) in [6, 6.07) is 0. The smallest absolute Gasteiger partial charge is 0.219 e. The molecule has 0 aromatic carbocycles. The number of allylic oxidation sites excluding steroid dienone is 5. The van der Waals surface area contributed by atoms with Crippen molar-refractivity contribution in [2.24, 2.45) is 34.5 Å². The Hall–Kier alpha value is -1.64. The van der Waals surface area contributed by atoms with Gasteiger partial charge in [-0.05, 0) is 74.9 Å². The minimum Gasteiger partial charge on any atom is -0.504 e. The Morgan fingerprint density at radius 2 is 2.04 bits per heavy atom. The number of aliphatic hydroxyl groups is 1. The van der Waals surface area contributed by atoms with Gasteiger partial charge >= 0.3 is 0 Å². The van der Waals surface area contributed by atoms with E-state index >= 15 is 0 Å². The van der Waals surface area contributed by atoms with E-state index in [0.29, 0.717) is 23.5 Å². The Bertz CT molecular complexity index is 755. The highest BCUT2D eigenvalue weighted by Crippen LogP contribution is 2.65. The molecule has 0 radical (unpaired) electrons. The highest BCUT2D eigenvalue weighted by atomic mass is 16.3. The number of carbonyl (C=O) groups is 2. The molecule has 0 amide bonds. The van der Waals surface area contributed by atoms with Crippen LogP contribution in [0.5, 0.6) is 0 Å². The summed E-state index contributed by atoms with van der Waals surface area (Å²) in [6.45, 7) is 8.44. The van der Waals surface area contributed by atoms with Crippen molar-refractivity contribution >= 4 is 11.6 Å². The van der Waals surface area contributed by atoms with Crippen LogP contribution in [0.15, 0.2) is 35.1 Å². The van der Waals surface area contributed by atoms with Gasteiger partial charge in [-0.2, -0.15) is 0 Å². The van der Waals surface area contributed by atoms with E-state index in [4.69, 9.17) is 0 Å². The third kappa shape index (κ3) is 2.10. The van der Waals surface area contributed by atoms with Crippen LogP contribution in [0.25, 0.3) is 0 Å². The zero-order valence-corrected chi connectivity index (χ0v) is 15.6. The number of rotatable bonds is 1. The molecular weight excluding hydrogens is 312 g/mol. The second-order valence-corrected chi connectivity index (χ2v) is 9.19. The van der Waals surface area contributed by atoms with Gasteiger partial charge < -0.3 is 5.11 Å². The fourth-order valence-electron chi connectivity index (χ4n) is 6.84. The maximum absolute atomic E-state index is 12.3. The third-order valence-electron chi connectivity index (χ3n) is 7.81. The fourth-order valence-corrected chi connectivity index (χ4v) is 6.84. The minimum absolute atomic E-state index is 0.0488. The Kier molecular flexibility index (Phi) is 3.49. The van der Waals surface area contributed by atoms with E-state index in [1.165, 1.54) is 5.57 Å². The van der Waals surface area contributed by atoms with E-state index in [-0.39, 0.29) is 28.3 Å². The van der Waals surface area contributed by atoms with Gasteiger partial charge in [-0.3, -0.25) is 9.59 Å². The van der Waals surface area contributed by atoms with Crippen LogP contribution in [-0.4, -0.2) is 16.7 Å². The topological polar surface area (TPSA) is 54.4 Å². The molecule has 6 atom stereocenters. The lowest BCUT2D eigenvalue weighted by atomic mass is 9.52. The number of ketones is 2. The van der Waals surface area contributed by atoms with Crippen molar-refractivity contribution in [3.8, 4) is 0 Å². The van der Waals surface area contributed by atoms with Crippen LogP contribution in [0.3, 0.4) is 0 Å². The molecule has 4 aliphatic rings. The molecule has 0 bridgehead atoms. The summed E-state index contributed by atoms with van der Waals surface area (Å²) in [6.07, 6.45) is 9.73. The largest absolute Gasteiger partial charge is 0.504 e. The van der Waals surface area contributed by atoms with Crippen LogP contribution in [0.2, 0.25) is 0 Å². The second kappa shape index (κ2) is 5.18. The monoisotopic (exact) mass is 340 g/mol. The summed E-state index contributed by atoms with van der Waals surface area (Å²) < 4.78 is 0. The summed E-state index contributed by atoms with van der Waals surface area (Å²) in [5.74, 6) is 1.49. The van der Waals surface area contributed by atoms with Crippen molar-refractivity contribution in [1.29, 1.82) is 0 Å². The van der Waals surface area contributed by atoms with E-state index in [1.807, 2.05) is 0 Å². The summed E-state index contributed by atoms with van der Waals surface area (Å²) in [7, 11) is 0. The first kappa shape index (κ1) is 16.8. The number of fused-ring (bicyclic) bond motifs is 5. The molecule has 3 heteroatoms. The molecule has 2 fully saturated rings. The standard InChI is InChI=1S/C22H28O3/c1-12-9-17-15-6-5-14-10-18(24)19(25)11-22(14,4)16(15)7-8-21(17,3)20(12)13(2)23/h7,10-12,15,17,20,25H,5-6,8-9H2,1-4H3/t12-,15-,17+,20-,21+,22+/m1/s1. The number of aliphatic hydroxyl groups excluding tert-OH is 1. The van der Waals surface area contributed by atoms with Crippen molar-refractivity contribution in [3.63, 3.8) is 0 Å². The molecule has 1 N–H and O–H groups in total. The molecule has 25 heavy (non-hydrogen) atoms. The molecule has 0 unspecified atom stereocenters. The van der Waals surface area contributed by atoms with Gasteiger partial charge in [0, 0.05) is 11.3 Å². The molecular formula is C22H28O3. The molecule has 0 aromatic heterocycles. The quantitative estimate of drug-likeness (QED) is 0.712. The molecule has 2 saturated carbocycles. The maximum Gasteiger partial charge on any atom is 0.219 e. The fraction of sp³-hybridized carbons (Fsp3) is 0.636. The Morgan fingerprint density at radius 1 is 1.32 bits per heavy atom. The average Bonchev–Trinajstić information content (AvgIpc) is 2.79. The molecule has 3 nitrogen and oxygen atoms in total. The lowest BCUT2D eigenvalue weighted by molar-refractivity contribution is -0.126. The predicted octanol–water partition coefficient (Wildman–Crippen LogP) is 4.55. The Morgan fingerprint density at radius 3 is 2.72 bits per heavy atom. The molecule has 4 aliphatic carbocycles. The van der Waals surface area contributed by atoms with Gasteiger partial charge in [0.2, 0.25) is 5.78 Å². The lowest BCUT2D eigenvalue weighted by Gasteiger charge is -2.52. The normalized spacial score (nSPS) is 45.6. The number of Topliss-reactive ketones (excluding diaryl/α,β-unsaturated/α-hetero) is 1. The van der Waals surface area contributed by atoms with E-state index in [0.717, 1.165) is 31.3 Å². The first-order valence-electron chi connectivity index (χ1n) is 9.56. The molecule has 134 valence electrons. The highest BCUT2D eigenvalue weighted by Gasteiger charge is 2.58. The zero-order valence-electron chi connectivity index (χ0n) is 15.6. The second-order valence-electron chi connectivity index (χ2n) is 9.19. The molecule has 0 heterocycles. The Balaban J connectivity index is 1.79. The first-order chi connectivity index (χ1) is 11.7. The van der Waals surface area contributed by atoms with Crippen molar-refractivity contribution in [2.45, 2.75) is 53.4 Å². The molecule has 0 aliphatic heterocycles. The third-order valence-corrected chi connectivity index (χ3v) is 7.81. The minimum atomic E-state index is -0.334. The number of hydrogen-bond acceptors (Lipinski definition) is 3. The van der Waals surface area contributed by atoms with Crippen LogP contribution >= 0.6 is 0 Å². The molecule has 0 aromatic rings. The van der Waals surface area contributed by atoms with Gasteiger partial charge in [0.15, 0.2) is 5.76 Å². The van der Waals surface area contributed by atoms with Crippen molar-refractivity contribution < 1.29 is 14.7 Å². The van der Waals surface area contributed by atoms with Gasteiger partial charge in [-0.15, -0.1) is 0 Å². The van der Waals surface area contributed by atoms with Gasteiger partial charge in [0.1, 0.15) is 5.78 Å². The Labute approximate surface area is 149 Å². The van der Waals surface area contributed by atoms with Crippen LogP contribution in [0.1, 0.15) is 53.4 Å². The van der Waals surface area contributed by atoms with E-state index < -0.39 is 0 Å². The summed E-state index contributed by atoms with van der Waals surface area (Å²) in [5.41, 5.74) is 2.21. The summed E-state index contributed by atoms with van der Waals surface area (Å²) >= 11 is 0. The van der Waals surface area contributed by atoms with E-state index in [9.17, 15) is 14.7 Å². The van der Waals surface area contributed by atoms with Crippen molar-refractivity contribution in [1.82, 2.24) is 0 Å². The molecule has 4 rings (SSSR count). The van der Waals surface area contributed by atoms with E-state index in [2.05, 4.69) is 26.8 Å². The van der Waals surface area contributed by atoms with Crippen LogP contribution in [0, 0.1) is 34.5 Å². The SMILES string of the molecule is CC(=O)[C@H]1[C@H](C)C[C@H]2[C@@H]3CCC4=CC(=O)C(O)=C[C@]4(C)C3=CC[C@@]21C. The van der Waals surface area contributed by atoms with Gasteiger partial charge in [0.05, 0.1) is 0 Å². The lowest BCUT2D eigenvalue weighted by Crippen LogP contribution is -2.45. The van der Waals surface area contributed by atoms with Gasteiger partial charge in [0.25, 0.3) is 0 Å². The van der Waals surface area contributed by atoms with Crippen LogP contribution < -0.4 is 0 Å². The highest BCUT2D eigenvalue weighted by molar-refractivity contribution is 6.04. The van der Waals surface area contributed by atoms with Crippen LogP contribution in [0.4, 0.5) is 0 Å². The maximum atomic E-state index is 12.3. The van der Waals surface area contributed by atoms with Crippen molar-refractivity contribution in [3.05, 3.63) is 35.1 Å². The predicted molar refractivity (Wildman–Crippen MR) is 96.9 cm³/mol. The van der Waals surface area contributed by atoms with Crippen molar-refractivity contribution in [2.75, 3.05) is 0 Å². The molecule has 0 saturated heterocycles. The van der Waals surface area contributed by atoms with Gasteiger partial charge in [-0.25, -0.2) is 0 Å². The van der Waals surface area contributed by atoms with Crippen LogP contribution in [-0.2, 0) is 9.59 Å². The number of carbonyl (C=O) groups excluding carboxylic acids is 2. The zero-order chi connectivity index (χ0) is 18.1. The average molecular weight is 340 g/mol. The van der Waals surface area contributed by atoms with Gasteiger partial charge in [-0.1, -0.05) is 31.1 Å². The number of hydrogen-bond donors (Lipinski definition) is 1. The summed E-state index contributed by atoms with van der Waals surface area (Å²) in [5, 5.41) is 10.1. The first-order valence-corrected chi connectivity index (χ1v) is 9.56. The molecule has 0 spiro atoms. The van der Waals surface area contributed by atoms with E-state index in [1.54, 1.807) is 19.1 Å². The summed E-state index contributed by atoms with van der Waals surface area (Å²) in [4.78, 5) is 24.2.